The maximum Gasteiger partial charge on any atom is 0.307 e. The third-order valence-corrected chi connectivity index (χ3v) is 0.939. The van der Waals surface area contributed by atoms with E-state index in [1.807, 2.05) is 0 Å². The van der Waals surface area contributed by atoms with Gasteiger partial charge in [0.1, 0.15) is 6.10 Å². The van der Waals surface area contributed by atoms with Gasteiger partial charge in [-0.15, -0.1) is 0 Å². The van der Waals surface area contributed by atoms with Gasteiger partial charge in [0.2, 0.25) is 0 Å². The minimum atomic E-state index is -1.11. The predicted octanol–water partition coefficient (Wildman–Crippen LogP) is -0.615. The summed E-state index contributed by atoms with van der Waals surface area (Å²) in [5.41, 5.74) is 0. The van der Waals surface area contributed by atoms with Gasteiger partial charge >= 0.3 is 11.9 Å². The van der Waals surface area contributed by atoms with E-state index in [2.05, 4.69) is 4.74 Å². The molecule has 0 amide bonds. The number of carbonyl (C=O) groups is 2. The van der Waals surface area contributed by atoms with Crippen LogP contribution in [0.3, 0.4) is 0 Å². The predicted molar refractivity (Wildman–Crippen MR) is 34.9 cm³/mol. The normalized spacial score (nSPS) is 12.2. The molecule has 0 bridgehead atoms. The Morgan fingerprint density at radius 2 is 2.09 bits per heavy atom. The second-order valence-corrected chi connectivity index (χ2v) is 2.01. The number of carbonyl (C=O) groups excluding carboxylic acids is 1. The van der Waals surface area contributed by atoms with Crippen LogP contribution in [0.2, 0.25) is 0 Å². The number of hydrogen-bond acceptors (Lipinski definition) is 4. The zero-order chi connectivity index (χ0) is 8.85. The fraction of sp³-hybridized carbons (Fsp3) is 0.667. The molecular formula is C6H10O5. The molecular weight excluding hydrogens is 152 g/mol. The average Bonchev–Trinajstić information content (AvgIpc) is 1.84. The highest BCUT2D eigenvalue weighted by atomic mass is 16.6. The van der Waals surface area contributed by atoms with Gasteiger partial charge in [0, 0.05) is 6.92 Å². The summed E-state index contributed by atoms with van der Waals surface area (Å²) in [6.07, 6.45) is -1.29. The lowest BCUT2D eigenvalue weighted by Crippen LogP contribution is -2.23. The number of aliphatic hydroxyl groups is 1. The zero-order valence-electron chi connectivity index (χ0n) is 6.11. The van der Waals surface area contributed by atoms with E-state index < -0.39 is 24.6 Å². The summed E-state index contributed by atoms with van der Waals surface area (Å²) in [5.74, 6) is -1.70. The molecule has 0 aliphatic carbocycles. The lowest BCUT2D eigenvalue weighted by Gasteiger charge is -2.10. The second-order valence-electron chi connectivity index (χ2n) is 2.01. The first kappa shape index (κ1) is 9.90. The average molecular weight is 162 g/mol. The van der Waals surface area contributed by atoms with Gasteiger partial charge in [0.15, 0.2) is 0 Å². The largest absolute Gasteiger partial charge is 0.481 e. The minimum Gasteiger partial charge on any atom is -0.481 e. The summed E-state index contributed by atoms with van der Waals surface area (Å²) in [4.78, 5) is 20.3. The molecule has 0 aromatic carbocycles. The number of ether oxygens (including phenoxy) is 1. The molecule has 0 aromatic heterocycles. The Hall–Kier alpha value is -1.10. The van der Waals surface area contributed by atoms with Crippen molar-refractivity contribution in [3.63, 3.8) is 0 Å². The van der Waals surface area contributed by atoms with Gasteiger partial charge in [-0.05, 0) is 0 Å². The summed E-state index contributed by atoms with van der Waals surface area (Å²) in [7, 11) is 0. The van der Waals surface area contributed by atoms with E-state index in [1.165, 1.54) is 0 Å². The molecule has 0 aliphatic rings. The molecule has 2 N–H and O–H groups in total. The number of esters is 1. The summed E-state index contributed by atoms with van der Waals surface area (Å²) < 4.78 is 4.44. The smallest absolute Gasteiger partial charge is 0.307 e. The highest BCUT2D eigenvalue weighted by Gasteiger charge is 2.14. The first-order valence-corrected chi connectivity index (χ1v) is 3.06. The molecule has 0 fully saturated rings. The molecule has 5 heteroatoms. The van der Waals surface area contributed by atoms with Crippen LogP contribution in [-0.4, -0.2) is 34.9 Å². The molecule has 64 valence electrons. The fourth-order valence-corrected chi connectivity index (χ4v) is 0.573. The summed E-state index contributed by atoms with van der Waals surface area (Å²) in [6, 6.07) is 0. The number of rotatable bonds is 4. The van der Waals surface area contributed by atoms with Crippen molar-refractivity contribution in [3.8, 4) is 0 Å². The highest BCUT2D eigenvalue weighted by molar-refractivity contribution is 5.69. The maximum absolute atomic E-state index is 10.3. The van der Waals surface area contributed by atoms with Crippen LogP contribution in [0.4, 0.5) is 0 Å². The van der Waals surface area contributed by atoms with Gasteiger partial charge in [-0.3, -0.25) is 9.59 Å². The van der Waals surface area contributed by atoms with Crippen molar-refractivity contribution in [2.75, 3.05) is 6.61 Å². The molecule has 0 heterocycles. The van der Waals surface area contributed by atoms with Crippen molar-refractivity contribution in [2.24, 2.45) is 0 Å². The van der Waals surface area contributed by atoms with E-state index in [0.29, 0.717) is 0 Å². The number of hydrogen-bond donors (Lipinski definition) is 2. The van der Waals surface area contributed by atoms with E-state index >= 15 is 0 Å². The number of carboxylic acid groups (broad SMARTS) is 1. The first-order valence-electron chi connectivity index (χ1n) is 3.06. The number of aliphatic carboxylic acids is 1. The molecule has 1 unspecified atom stereocenters. The van der Waals surface area contributed by atoms with Crippen LogP contribution in [0, 0.1) is 0 Å². The Bertz CT molecular complexity index is 137. The molecule has 0 saturated carbocycles. The molecule has 0 saturated heterocycles. The molecule has 0 aromatic rings. The van der Waals surface area contributed by atoms with Crippen LogP contribution in [0.25, 0.3) is 0 Å². The zero-order valence-corrected chi connectivity index (χ0v) is 6.11. The Kier molecular flexibility index (Phi) is 4.21. The molecule has 0 radical (unpaired) electrons. The van der Waals surface area contributed by atoms with Gasteiger partial charge < -0.3 is 14.9 Å². The van der Waals surface area contributed by atoms with Gasteiger partial charge in [-0.25, -0.2) is 0 Å². The van der Waals surface area contributed by atoms with Crippen LogP contribution in [0.15, 0.2) is 0 Å². The molecule has 11 heavy (non-hydrogen) atoms. The third-order valence-electron chi connectivity index (χ3n) is 0.939. The number of aliphatic hydroxyl groups excluding tert-OH is 1. The minimum absolute atomic E-state index is 0.365. The van der Waals surface area contributed by atoms with Crippen LogP contribution in [0.5, 0.6) is 0 Å². The lowest BCUT2D eigenvalue weighted by molar-refractivity contribution is -0.152. The highest BCUT2D eigenvalue weighted by Crippen LogP contribution is 1.97. The SMILES string of the molecule is CC(=O)OC(CO)CC(=O)O. The third kappa shape index (κ3) is 5.35. The van der Waals surface area contributed by atoms with Crippen LogP contribution < -0.4 is 0 Å². The van der Waals surface area contributed by atoms with Gasteiger partial charge in [0.25, 0.3) is 0 Å². The van der Waals surface area contributed by atoms with Crippen molar-refractivity contribution in [3.05, 3.63) is 0 Å². The van der Waals surface area contributed by atoms with Crippen molar-refractivity contribution in [1.82, 2.24) is 0 Å². The quantitative estimate of drug-likeness (QED) is 0.538. The van der Waals surface area contributed by atoms with E-state index in [4.69, 9.17) is 10.2 Å². The fourth-order valence-electron chi connectivity index (χ4n) is 0.573. The topological polar surface area (TPSA) is 83.8 Å². The summed E-state index contributed by atoms with van der Waals surface area (Å²) in [5, 5.41) is 16.7. The van der Waals surface area contributed by atoms with Crippen molar-refractivity contribution in [2.45, 2.75) is 19.4 Å². The Balaban J connectivity index is 3.76. The summed E-state index contributed by atoms with van der Waals surface area (Å²) in [6.45, 7) is 0.691. The Morgan fingerprint density at radius 1 is 1.55 bits per heavy atom. The number of carboxylic acids is 1. The first-order chi connectivity index (χ1) is 5.06. The molecule has 0 aliphatic heterocycles. The van der Waals surface area contributed by atoms with Crippen molar-refractivity contribution in [1.29, 1.82) is 0 Å². The maximum atomic E-state index is 10.3. The second kappa shape index (κ2) is 4.68. The lowest BCUT2D eigenvalue weighted by atomic mass is 10.3. The van der Waals surface area contributed by atoms with Crippen molar-refractivity contribution >= 4 is 11.9 Å². The van der Waals surface area contributed by atoms with Crippen LogP contribution in [-0.2, 0) is 14.3 Å². The molecule has 0 rings (SSSR count). The molecule has 0 spiro atoms. The Labute approximate surface area is 63.6 Å². The summed E-state index contributed by atoms with van der Waals surface area (Å²) >= 11 is 0. The Morgan fingerprint density at radius 3 is 2.36 bits per heavy atom. The standard InChI is InChI=1S/C6H10O5/c1-4(8)11-5(3-7)2-6(9)10/h5,7H,2-3H2,1H3,(H,9,10). The molecule has 1 atom stereocenters. The van der Waals surface area contributed by atoms with E-state index in [9.17, 15) is 9.59 Å². The monoisotopic (exact) mass is 162 g/mol. The molecule has 5 nitrogen and oxygen atoms in total. The van der Waals surface area contributed by atoms with Gasteiger partial charge in [-0.2, -0.15) is 0 Å². The van der Waals surface area contributed by atoms with E-state index in [0.717, 1.165) is 6.92 Å². The van der Waals surface area contributed by atoms with Crippen LogP contribution >= 0.6 is 0 Å². The van der Waals surface area contributed by atoms with Gasteiger partial charge in [-0.1, -0.05) is 0 Å². The van der Waals surface area contributed by atoms with Crippen molar-refractivity contribution < 1.29 is 24.5 Å². The van der Waals surface area contributed by atoms with Gasteiger partial charge in [0.05, 0.1) is 13.0 Å². The van der Waals surface area contributed by atoms with Crippen LogP contribution in [0.1, 0.15) is 13.3 Å². The van der Waals surface area contributed by atoms with E-state index in [-0.39, 0.29) is 6.42 Å². The van der Waals surface area contributed by atoms with E-state index in [1.54, 1.807) is 0 Å².